The summed E-state index contributed by atoms with van der Waals surface area (Å²) in [6.07, 6.45) is 0. The van der Waals surface area contributed by atoms with Gasteiger partial charge < -0.3 is 4.74 Å². The Morgan fingerprint density at radius 1 is 1.25 bits per heavy atom. The molecule has 0 unspecified atom stereocenters. The molecule has 0 radical (unpaired) electrons. The van der Waals surface area contributed by atoms with Crippen molar-refractivity contribution >= 4 is 33.2 Å². The molecule has 0 aliphatic heterocycles. The van der Waals surface area contributed by atoms with Crippen LogP contribution in [0.4, 0.5) is 10.1 Å². The Labute approximate surface area is 127 Å². The second-order valence-electron chi connectivity index (χ2n) is 3.87. The number of nitrogens with zero attached hydrogens (tertiary/aromatic N) is 1. The lowest BCUT2D eigenvalue weighted by molar-refractivity contribution is -0.385. The predicted octanol–water partition coefficient (Wildman–Crippen LogP) is 5.03. The molecule has 0 saturated carbocycles. The molecular weight excluding hydrogens is 353 g/mol. The molecule has 0 heterocycles. The first-order valence-electron chi connectivity index (χ1n) is 5.47. The van der Waals surface area contributed by atoms with Crippen LogP contribution in [0.25, 0.3) is 0 Å². The summed E-state index contributed by atoms with van der Waals surface area (Å²) in [5.74, 6) is 0.0852. The lowest BCUT2D eigenvalue weighted by atomic mass is 10.2. The van der Waals surface area contributed by atoms with Crippen molar-refractivity contribution in [3.05, 3.63) is 62.4 Å². The third-order valence-corrected chi connectivity index (χ3v) is 3.42. The highest BCUT2D eigenvalue weighted by molar-refractivity contribution is 9.10. The fraction of sp³-hybridized carbons (Fsp3) is 0.0769. The van der Waals surface area contributed by atoms with E-state index in [9.17, 15) is 14.5 Å². The molecule has 0 saturated heterocycles. The minimum atomic E-state index is -0.553. The molecule has 0 aliphatic carbocycles. The van der Waals surface area contributed by atoms with Crippen LogP contribution in [0.15, 0.2) is 40.9 Å². The van der Waals surface area contributed by atoms with Crippen LogP contribution in [0, 0.1) is 15.9 Å². The summed E-state index contributed by atoms with van der Waals surface area (Å²) >= 11 is 8.78. The van der Waals surface area contributed by atoms with E-state index in [4.69, 9.17) is 16.3 Å². The van der Waals surface area contributed by atoms with E-state index in [2.05, 4.69) is 15.9 Å². The van der Waals surface area contributed by atoms with Crippen LogP contribution in [0.2, 0.25) is 0 Å². The van der Waals surface area contributed by atoms with Crippen molar-refractivity contribution in [1.29, 1.82) is 0 Å². The first-order chi connectivity index (χ1) is 9.51. The highest BCUT2D eigenvalue weighted by atomic mass is 79.9. The van der Waals surface area contributed by atoms with E-state index in [1.165, 1.54) is 30.3 Å². The lowest BCUT2D eigenvalue weighted by Gasteiger charge is -2.09. The zero-order chi connectivity index (χ0) is 14.7. The molecule has 0 spiro atoms. The summed E-state index contributed by atoms with van der Waals surface area (Å²) in [6.45, 7) is 0. The lowest BCUT2D eigenvalue weighted by Crippen LogP contribution is -1.95. The maximum absolute atomic E-state index is 13.0. The normalized spacial score (nSPS) is 10.3. The molecule has 0 bridgehead atoms. The van der Waals surface area contributed by atoms with Gasteiger partial charge in [-0.15, -0.1) is 11.6 Å². The molecule has 0 aliphatic rings. The standard InChI is InChI=1S/C13H8BrClFNO3/c14-10-6-9(16)2-4-12(10)20-13-3-1-8(7-15)5-11(13)17(18)19/h1-6H,7H2. The third-order valence-electron chi connectivity index (χ3n) is 2.49. The van der Waals surface area contributed by atoms with Gasteiger partial charge in [0.1, 0.15) is 11.6 Å². The van der Waals surface area contributed by atoms with Gasteiger partial charge in [0.15, 0.2) is 0 Å². The zero-order valence-corrected chi connectivity index (χ0v) is 12.3. The van der Waals surface area contributed by atoms with Crippen molar-refractivity contribution in [3.63, 3.8) is 0 Å². The van der Waals surface area contributed by atoms with E-state index in [1.807, 2.05) is 0 Å². The van der Waals surface area contributed by atoms with E-state index >= 15 is 0 Å². The minimum Gasteiger partial charge on any atom is -0.449 e. The molecule has 0 aromatic heterocycles. The monoisotopic (exact) mass is 359 g/mol. The molecule has 0 N–H and O–H groups in total. The van der Waals surface area contributed by atoms with Crippen molar-refractivity contribution in [1.82, 2.24) is 0 Å². The second-order valence-corrected chi connectivity index (χ2v) is 4.99. The Morgan fingerprint density at radius 2 is 1.95 bits per heavy atom. The van der Waals surface area contributed by atoms with Crippen molar-refractivity contribution in [3.8, 4) is 11.5 Å². The number of hydrogen-bond acceptors (Lipinski definition) is 3. The van der Waals surface area contributed by atoms with Gasteiger partial charge in [-0.25, -0.2) is 4.39 Å². The van der Waals surface area contributed by atoms with Gasteiger partial charge in [-0.1, -0.05) is 6.07 Å². The third kappa shape index (κ3) is 3.26. The van der Waals surface area contributed by atoms with Crippen LogP contribution in [0.3, 0.4) is 0 Å². The van der Waals surface area contributed by atoms with E-state index in [-0.39, 0.29) is 23.1 Å². The van der Waals surface area contributed by atoms with Crippen molar-refractivity contribution in [2.45, 2.75) is 5.88 Å². The number of halogens is 3. The summed E-state index contributed by atoms with van der Waals surface area (Å²) in [7, 11) is 0. The molecule has 20 heavy (non-hydrogen) atoms. The summed E-state index contributed by atoms with van der Waals surface area (Å²) in [5, 5.41) is 11.0. The molecule has 104 valence electrons. The molecule has 0 amide bonds. The van der Waals surface area contributed by atoms with Gasteiger partial charge >= 0.3 is 5.69 Å². The highest BCUT2D eigenvalue weighted by Crippen LogP contribution is 2.36. The summed E-state index contributed by atoms with van der Waals surface area (Å²) < 4.78 is 18.8. The molecule has 0 fully saturated rings. The van der Waals surface area contributed by atoms with Crippen molar-refractivity contribution in [2.75, 3.05) is 0 Å². The molecule has 4 nitrogen and oxygen atoms in total. The summed E-state index contributed by atoms with van der Waals surface area (Å²) in [5.41, 5.74) is 0.420. The van der Waals surface area contributed by atoms with E-state index in [1.54, 1.807) is 6.07 Å². The van der Waals surface area contributed by atoms with Crippen LogP contribution in [0.1, 0.15) is 5.56 Å². The molecule has 2 aromatic carbocycles. The smallest absolute Gasteiger partial charge is 0.311 e. The fourth-order valence-electron chi connectivity index (χ4n) is 1.55. The molecular formula is C13H8BrClFNO3. The Morgan fingerprint density at radius 3 is 2.55 bits per heavy atom. The van der Waals surface area contributed by atoms with Gasteiger partial charge in [-0.2, -0.15) is 0 Å². The van der Waals surface area contributed by atoms with Gasteiger partial charge in [0.05, 0.1) is 9.40 Å². The van der Waals surface area contributed by atoms with Crippen molar-refractivity contribution in [2.24, 2.45) is 0 Å². The number of hydrogen-bond donors (Lipinski definition) is 0. The van der Waals surface area contributed by atoms with Crippen LogP contribution in [-0.2, 0) is 5.88 Å². The minimum absolute atomic E-state index is 0.0659. The van der Waals surface area contributed by atoms with Gasteiger partial charge in [0, 0.05) is 11.9 Å². The van der Waals surface area contributed by atoms with E-state index in [0.717, 1.165) is 0 Å². The van der Waals surface area contributed by atoms with E-state index < -0.39 is 10.7 Å². The van der Waals surface area contributed by atoms with Gasteiger partial charge in [0.2, 0.25) is 5.75 Å². The maximum atomic E-state index is 13.0. The number of benzene rings is 2. The first kappa shape index (κ1) is 14.7. The van der Waals surface area contributed by atoms with Crippen LogP contribution >= 0.6 is 27.5 Å². The summed E-state index contributed by atoms with van der Waals surface area (Å²) in [6, 6.07) is 8.25. The number of nitro groups is 1. The Balaban J connectivity index is 2.40. The zero-order valence-electron chi connectivity index (χ0n) is 9.98. The number of nitro benzene ring substituents is 1. The highest BCUT2D eigenvalue weighted by Gasteiger charge is 2.17. The molecule has 2 aromatic rings. The van der Waals surface area contributed by atoms with Gasteiger partial charge in [-0.3, -0.25) is 10.1 Å². The molecule has 2 rings (SSSR count). The topological polar surface area (TPSA) is 52.4 Å². The van der Waals surface area contributed by atoms with E-state index in [0.29, 0.717) is 10.0 Å². The summed E-state index contributed by atoms with van der Waals surface area (Å²) in [4.78, 5) is 10.5. The largest absolute Gasteiger partial charge is 0.449 e. The fourth-order valence-corrected chi connectivity index (χ4v) is 2.15. The Kier molecular flexibility index (Phi) is 4.57. The first-order valence-corrected chi connectivity index (χ1v) is 6.80. The maximum Gasteiger partial charge on any atom is 0.311 e. The van der Waals surface area contributed by atoms with Crippen LogP contribution in [0.5, 0.6) is 11.5 Å². The average molecular weight is 361 g/mol. The number of alkyl halides is 1. The van der Waals surface area contributed by atoms with Crippen LogP contribution < -0.4 is 4.74 Å². The number of rotatable bonds is 4. The quantitative estimate of drug-likeness (QED) is 0.436. The van der Waals surface area contributed by atoms with Crippen molar-refractivity contribution < 1.29 is 14.1 Å². The molecule has 0 atom stereocenters. The Bertz CT molecular complexity index is 666. The molecule has 7 heteroatoms. The van der Waals surface area contributed by atoms with Gasteiger partial charge in [-0.05, 0) is 45.8 Å². The van der Waals surface area contributed by atoms with Crippen LogP contribution in [-0.4, -0.2) is 4.92 Å². The second kappa shape index (κ2) is 6.19. The number of ether oxygens (including phenoxy) is 1. The Hall–Kier alpha value is -1.66. The van der Waals surface area contributed by atoms with Gasteiger partial charge in [0.25, 0.3) is 0 Å². The SMILES string of the molecule is O=[N+]([O-])c1cc(CCl)ccc1Oc1ccc(F)cc1Br. The average Bonchev–Trinajstić information content (AvgIpc) is 2.42. The predicted molar refractivity (Wildman–Crippen MR) is 76.8 cm³/mol.